The maximum Gasteiger partial charge on any atom is 0.462 e. The molecule has 20 heavy (non-hydrogen) atoms. The Labute approximate surface area is 122 Å². The van der Waals surface area contributed by atoms with Gasteiger partial charge < -0.3 is 20.1 Å². The molecule has 4 nitrogen and oxygen atoms in total. The van der Waals surface area contributed by atoms with Crippen molar-refractivity contribution in [3.8, 4) is 0 Å². The van der Waals surface area contributed by atoms with Crippen LogP contribution in [-0.4, -0.2) is 34.3 Å². The van der Waals surface area contributed by atoms with Crippen LogP contribution in [0.1, 0.15) is 52.4 Å². The molecule has 0 heterocycles. The van der Waals surface area contributed by atoms with Gasteiger partial charge in [0.25, 0.3) is 0 Å². The smallest absolute Gasteiger partial charge is 0.427 e. The fourth-order valence-electron chi connectivity index (χ4n) is 2.85. The molecule has 4 N–H and O–H groups in total. The van der Waals surface area contributed by atoms with Crippen LogP contribution in [0.5, 0.6) is 0 Å². The van der Waals surface area contributed by atoms with Crippen LogP contribution in [0.2, 0.25) is 11.1 Å². The minimum absolute atomic E-state index is 0.525. The van der Waals surface area contributed by atoms with Crippen molar-refractivity contribution < 1.29 is 20.1 Å². The fourth-order valence-corrected chi connectivity index (χ4v) is 2.85. The summed E-state index contributed by atoms with van der Waals surface area (Å²) in [5.41, 5.74) is 1.04. The van der Waals surface area contributed by atoms with E-state index < -0.39 is 25.4 Å². The molecule has 0 saturated carbocycles. The SMILES string of the molecule is CCCCC1=CC(B(O)O)C(CCCC)(B(O)O)C=C1. The topological polar surface area (TPSA) is 80.9 Å². The Morgan fingerprint density at radius 2 is 1.75 bits per heavy atom. The van der Waals surface area contributed by atoms with Gasteiger partial charge in [0.05, 0.1) is 0 Å². The van der Waals surface area contributed by atoms with Gasteiger partial charge in [-0.25, -0.2) is 0 Å². The van der Waals surface area contributed by atoms with Gasteiger partial charge in [0.15, 0.2) is 0 Å². The molecule has 1 aliphatic rings. The number of unbranched alkanes of at least 4 members (excludes halogenated alkanes) is 2. The first-order valence-electron chi connectivity index (χ1n) is 7.60. The summed E-state index contributed by atoms with van der Waals surface area (Å²) in [4.78, 5) is 0. The van der Waals surface area contributed by atoms with Crippen LogP contribution in [0.4, 0.5) is 0 Å². The molecular weight excluding hydrogens is 254 g/mol. The third-order valence-corrected chi connectivity index (χ3v) is 4.21. The van der Waals surface area contributed by atoms with E-state index in [1.807, 2.05) is 13.0 Å². The molecule has 0 aromatic carbocycles. The second-order valence-electron chi connectivity index (χ2n) is 5.71. The molecule has 1 rings (SSSR count). The normalized spacial score (nSPS) is 25.5. The predicted molar refractivity (Wildman–Crippen MR) is 83.1 cm³/mol. The lowest BCUT2D eigenvalue weighted by molar-refractivity contribution is 0.317. The van der Waals surface area contributed by atoms with Crippen molar-refractivity contribution in [1.82, 2.24) is 0 Å². The van der Waals surface area contributed by atoms with E-state index in [9.17, 15) is 20.1 Å². The monoisotopic (exact) mass is 280 g/mol. The van der Waals surface area contributed by atoms with E-state index in [0.717, 1.165) is 37.7 Å². The highest BCUT2D eigenvalue weighted by Crippen LogP contribution is 2.52. The lowest BCUT2D eigenvalue weighted by atomic mass is 9.40. The summed E-state index contributed by atoms with van der Waals surface area (Å²) in [6, 6.07) is 0. The van der Waals surface area contributed by atoms with Crippen molar-refractivity contribution in [3.05, 3.63) is 23.8 Å². The zero-order valence-corrected chi connectivity index (χ0v) is 12.5. The molecule has 0 amide bonds. The summed E-state index contributed by atoms with van der Waals surface area (Å²) >= 11 is 0. The molecule has 0 saturated heterocycles. The number of allylic oxidation sites excluding steroid dienone is 4. The highest BCUT2D eigenvalue weighted by molar-refractivity contribution is 6.54. The highest BCUT2D eigenvalue weighted by atomic mass is 16.4. The second kappa shape index (κ2) is 8.03. The minimum atomic E-state index is -1.60. The fraction of sp³-hybridized carbons (Fsp3) is 0.714. The quantitative estimate of drug-likeness (QED) is 0.512. The summed E-state index contributed by atoms with van der Waals surface area (Å²) in [5.74, 6) is -0.675. The molecule has 0 radical (unpaired) electrons. The maximum absolute atomic E-state index is 9.79. The van der Waals surface area contributed by atoms with Gasteiger partial charge in [-0.15, -0.1) is 0 Å². The molecule has 2 unspecified atom stereocenters. The molecular formula is C14H26B2O4. The molecule has 0 aliphatic heterocycles. The zero-order chi connectivity index (χ0) is 15.2. The van der Waals surface area contributed by atoms with Crippen molar-refractivity contribution in [2.45, 2.75) is 63.5 Å². The predicted octanol–water partition coefficient (Wildman–Crippen LogP) is 1.92. The van der Waals surface area contributed by atoms with E-state index in [0.29, 0.717) is 6.42 Å². The average Bonchev–Trinajstić information content (AvgIpc) is 2.42. The van der Waals surface area contributed by atoms with Crippen LogP contribution < -0.4 is 0 Å². The van der Waals surface area contributed by atoms with E-state index in [2.05, 4.69) is 6.92 Å². The molecule has 0 fully saturated rings. The van der Waals surface area contributed by atoms with Crippen LogP contribution in [0.3, 0.4) is 0 Å². The Balaban J connectivity index is 3.00. The number of rotatable bonds is 8. The Bertz CT molecular complexity index is 355. The lowest BCUT2D eigenvalue weighted by Gasteiger charge is -2.38. The van der Waals surface area contributed by atoms with Crippen LogP contribution in [0.25, 0.3) is 0 Å². The van der Waals surface area contributed by atoms with Crippen LogP contribution in [0, 0.1) is 0 Å². The summed E-state index contributed by atoms with van der Waals surface area (Å²) < 4.78 is 0. The Morgan fingerprint density at radius 1 is 1.10 bits per heavy atom. The van der Waals surface area contributed by atoms with Crippen molar-refractivity contribution in [2.75, 3.05) is 0 Å². The minimum Gasteiger partial charge on any atom is -0.427 e. The van der Waals surface area contributed by atoms with Gasteiger partial charge in [-0.3, -0.25) is 0 Å². The van der Waals surface area contributed by atoms with Gasteiger partial charge in [0.1, 0.15) is 0 Å². The Hall–Kier alpha value is -0.550. The Kier molecular flexibility index (Phi) is 7.03. The second-order valence-corrected chi connectivity index (χ2v) is 5.71. The van der Waals surface area contributed by atoms with Gasteiger partial charge in [-0.1, -0.05) is 56.9 Å². The standard InChI is InChI=1S/C14H26B2O4/c1-3-5-7-12-8-10-14(16(19)20,9-6-4-2)13(11-12)15(17)18/h8,10-11,13,17-20H,3-7,9H2,1-2H3. The van der Waals surface area contributed by atoms with Gasteiger partial charge in [0.2, 0.25) is 0 Å². The summed E-state index contributed by atoms with van der Waals surface area (Å²) in [6.45, 7) is 4.13. The third kappa shape index (κ3) is 3.98. The molecule has 6 heteroatoms. The molecule has 0 aromatic rings. The van der Waals surface area contributed by atoms with E-state index in [-0.39, 0.29) is 0 Å². The van der Waals surface area contributed by atoms with Crippen molar-refractivity contribution >= 4 is 14.2 Å². The zero-order valence-electron chi connectivity index (χ0n) is 12.5. The third-order valence-electron chi connectivity index (χ3n) is 4.21. The van der Waals surface area contributed by atoms with Crippen LogP contribution in [0.15, 0.2) is 23.8 Å². The first-order valence-corrected chi connectivity index (χ1v) is 7.60. The molecule has 0 bridgehead atoms. The Morgan fingerprint density at radius 3 is 2.25 bits per heavy atom. The molecule has 1 aliphatic carbocycles. The van der Waals surface area contributed by atoms with Gasteiger partial charge in [-0.05, 0) is 19.3 Å². The first kappa shape index (κ1) is 17.5. The van der Waals surface area contributed by atoms with E-state index >= 15 is 0 Å². The molecule has 0 spiro atoms. The summed E-state index contributed by atoms with van der Waals surface area (Å²) in [6.07, 6.45) is 10.7. The largest absolute Gasteiger partial charge is 0.462 e. The van der Waals surface area contributed by atoms with E-state index in [4.69, 9.17) is 0 Å². The van der Waals surface area contributed by atoms with Gasteiger partial charge >= 0.3 is 14.2 Å². The molecule has 112 valence electrons. The summed E-state index contributed by atoms with van der Waals surface area (Å²) in [5, 5.41) is 37.9. The van der Waals surface area contributed by atoms with Crippen LogP contribution in [-0.2, 0) is 0 Å². The van der Waals surface area contributed by atoms with Gasteiger partial charge in [-0.2, -0.15) is 0 Å². The molecule has 2 atom stereocenters. The first-order chi connectivity index (χ1) is 9.47. The van der Waals surface area contributed by atoms with Crippen molar-refractivity contribution in [3.63, 3.8) is 0 Å². The number of hydrogen-bond acceptors (Lipinski definition) is 4. The highest BCUT2D eigenvalue weighted by Gasteiger charge is 2.50. The van der Waals surface area contributed by atoms with E-state index in [1.165, 1.54) is 0 Å². The average molecular weight is 280 g/mol. The van der Waals surface area contributed by atoms with Gasteiger partial charge in [0, 0.05) is 11.1 Å². The lowest BCUT2D eigenvalue weighted by Crippen LogP contribution is -2.42. The van der Waals surface area contributed by atoms with Crippen molar-refractivity contribution in [2.24, 2.45) is 0 Å². The molecule has 0 aromatic heterocycles. The number of hydrogen-bond donors (Lipinski definition) is 4. The van der Waals surface area contributed by atoms with Crippen molar-refractivity contribution in [1.29, 1.82) is 0 Å². The van der Waals surface area contributed by atoms with Crippen LogP contribution >= 0.6 is 0 Å². The summed E-state index contributed by atoms with van der Waals surface area (Å²) in [7, 11) is -3.18. The van der Waals surface area contributed by atoms with E-state index in [1.54, 1.807) is 12.2 Å². The maximum atomic E-state index is 9.79.